The molecule has 2 N–H and O–H groups in total. The van der Waals surface area contributed by atoms with Crippen LogP contribution < -0.4 is 21.4 Å². The smallest absolute Gasteiger partial charge is 0.354 e. The number of nitrogens with zero attached hydrogens (tertiary/aromatic N) is 4. The zero-order valence-corrected chi connectivity index (χ0v) is 19.8. The molecule has 0 atom stereocenters. The van der Waals surface area contributed by atoms with Crippen molar-refractivity contribution in [2.75, 3.05) is 5.32 Å². The topological polar surface area (TPSA) is 128 Å². The number of carboxylic acid groups (broad SMARTS) is 1. The predicted molar refractivity (Wildman–Crippen MR) is 131 cm³/mol. The summed E-state index contributed by atoms with van der Waals surface area (Å²) in [5.74, 6) is 0.990. The molecule has 35 heavy (non-hydrogen) atoms. The molecular weight excluding hydrogens is 450 g/mol. The van der Waals surface area contributed by atoms with E-state index in [9.17, 15) is 14.4 Å². The first-order valence-corrected chi connectivity index (χ1v) is 11.8. The summed E-state index contributed by atoms with van der Waals surface area (Å²) in [6.07, 6.45) is 5.60. The monoisotopic (exact) mass is 479 g/mol. The Hall–Kier alpha value is -3.95. The Labute approximate surface area is 202 Å². The molecule has 0 bridgehead atoms. The second-order valence-corrected chi connectivity index (χ2v) is 8.92. The molecule has 0 saturated heterocycles. The largest absolute Gasteiger partial charge is 0.478 e. The van der Waals surface area contributed by atoms with E-state index in [-0.39, 0.29) is 29.6 Å². The average Bonchev–Trinajstić information content (AvgIpc) is 2.84. The van der Waals surface area contributed by atoms with Crippen LogP contribution in [0.15, 0.2) is 52.2 Å². The minimum absolute atomic E-state index is 0.0724. The molecular formula is C25H29N5O5. The molecule has 0 unspecified atom stereocenters. The molecule has 10 nitrogen and oxygen atoms in total. The number of ether oxygens (including phenoxy) is 1. The molecule has 0 amide bonds. The third-order valence-corrected chi connectivity index (χ3v) is 6.36. The average molecular weight is 480 g/mol. The summed E-state index contributed by atoms with van der Waals surface area (Å²) in [5, 5.41) is 12.1. The molecule has 0 aliphatic heterocycles. The van der Waals surface area contributed by atoms with Crippen LogP contribution in [-0.2, 0) is 13.1 Å². The number of carbonyl (C=O) groups is 1. The highest BCUT2D eigenvalue weighted by molar-refractivity contribution is 5.87. The molecule has 2 heterocycles. The van der Waals surface area contributed by atoms with Crippen LogP contribution in [0.25, 0.3) is 0 Å². The van der Waals surface area contributed by atoms with E-state index >= 15 is 0 Å². The van der Waals surface area contributed by atoms with Gasteiger partial charge in [-0.3, -0.25) is 4.57 Å². The maximum absolute atomic E-state index is 13.1. The maximum Gasteiger partial charge on any atom is 0.354 e. The van der Waals surface area contributed by atoms with Gasteiger partial charge in [-0.1, -0.05) is 19.8 Å². The van der Waals surface area contributed by atoms with Crippen molar-refractivity contribution < 1.29 is 14.6 Å². The normalized spacial score (nSPS) is 17.7. The Morgan fingerprint density at radius 2 is 1.80 bits per heavy atom. The van der Waals surface area contributed by atoms with E-state index in [4.69, 9.17) is 9.84 Å². The van der Waals surface area contributed by atoms with Crippen molar-refractivity contribution in [1.29, 1.82) is 0 Å². The summed E-state index contributed by atoms with van der Waals surface area (Å²) in [6, 6.07) is 9.78. The molecule has 1 aliphatic rings. The number of hydrogen-bond donors (Lipinski definition) is 2. The molecule has 2 aromatic heterocycles. The van der Waals surface area contributed by atoms with E-state index in [1.165, 1.54) is 18.3 Å². The fourth-order valence-corrected chi connectivity index (χ4v) is 4.25. The third kappa shape index (κ3) is 5.76. The summed E-state index contributed by atoms with van der Waals surface area (Å²) in [4.78, 5) is 44.6. The van der Waals surface area contributed by atoms with Gasteiger partial charge in [-0.15, -0.1) is 0 Å². The summed E-state index contributed by atoms with van der Waals surface area (Å²) in [6.45, 7) is 4.79. The van der Waals surface area contributed by atoms with Crippen molar-refractivity contribution in [1.82, 2.24) is 19.1 Å². The second-order valence-electron chi connectivity index (χ2n) is 8.92. The first-order chi connectivity index (χ1) is 16.8. The van der Waals surface area contributed by atoms with Gasteiger partial charge in [0.25, 0.3) is 0 Å². The first-order valence-electron chi connectivity index (χ1n) is 11.8. The Kier molecular flexibility index (Phi) is 7.28. The van der Waals surface area contributed by atoms with Gasteiger partial charge in [-0.2, -0.15) is 4.98 Å². The summed E-state index contributed by atoms with van der Waals surface area (Å²) in [5.41, 5.74) is -0.227. The van der Waals surface area contributed by atoms with Gasteiger partial charge in [0.05, 0.1) is 5.56 Å². The minimum Gasteiger partial charge on any atom is -0.478 e. The van der Waals surface area contributed by atoms with Crippen molar-refractivity contribution >= 4 is 17.6 Å². The van der Waals surface area contributed by atoms with Gasteiger partial charge in [-0.25, -0.2) is 23.9 Å². The third-order valence-electron chi connectivity index (χ3n) is 6.36. The van der Waals surface area contributed by atoms with Gasteiger partial charge < -0.3 is 15.2 Å². The first kappa shape index (κ1) is 24.2. The molecule has 3 aromatic rings. The number of anilines is 2. The predicted octanol–water partition coefficient (Wildman–Crippen LogP) is 3.88. The SMILES string of the molecule is CCn1c(=O)nc(Nc2ccc(Oc3ccc(C(=O)O)cn3)cc2)n(CC2CCC(C)CC2)c1=O. The van der Waals surface area contributed by atoms with Crippen LogP contribution in [0, 0.1) is 11.8 Å². The maximum atomic E-state index is 13.1. The van der Waals surface area contributed by atoms with Gasteiger partial charge in [-0.05, 0) is 61.9 Å². The highest BCUT2D eigenvalue weighted by atomic mass is 16.5. The van der Waals surface area contributed by atoms with Crippen LogP contribution in [0.5, 0.6) is 11.6 Å². The molecule has 1 fully saturated rings. The molecule has 0 radical (unpaired) electrons. The van der Waals surface area contributed by atoms with Crippen LogP contribution in [-0.4, -0.2) is 30.2 Å². The van der Waals surface area contributed by atoms with Crippen molar-refractivity contribution in [3.8, 4) is 11.6 Å². The van der Waals surface area contributed by atoms with Crippen molar-refractivity contribution in [3.05, 3.63) is 69.1 Å². The minimum atomic E-state index is -1.06. The molecule has 1 aliphatic carbocycles. The summed E-state index contributed by atoms with van der Waals surface area (Å²) >= 11 is 0. The summed E-state index contributed by atoms with van der Waals surface area (Å²) < 4.78 is 8.39. The zero-order valence-electron chi connectivity index (χ0n) is 19.8. The number of nitrogens with one attached hydrogen (secondary N) is 1. The lowest BCUT2D eigenvalue weighted by molar-refractivity contribution is 0.0696. The quantitative estimate of drug-likeness (QED) is 0.498. The van der Waals surface area contributed by atoms with Crippen LogP contribution in [0.2, 0.25) is 0 Å². The Balaban J connectivity index is 1.53. The lowest BCUT2D eigenvalue weighted by atomic mass is 9.83. The lowest BCUT2D eigenvalue weighted by Crippen LogP contribution is -2.43. The molecule has 4 rings (SSSR count). The number of carboxylic acids is 1. The Morgan fingerprint density at radius 1 is 1.09 bits per heavy atom. The van der Waals surface area contributed by atoms with Gasteiger partial charge in [0.2, 0.25) is 11.8 Å². The van der Waals surface area contributed by atoms with E-state index in [2.05, 4.69) is 22.2 Å². The van der Waals surface area contributed by atoms with E-state index in [0.717, 1.165) is 30.3 Å². The van der Waals surface area contributed by atoms with Crippen LogP contribution in [0.3, 0.4) is 0 Å². The number of rotatable bonds is 8. The highest BCUT2D eigenvalue weighted by Gasteiger charge is 2.22. The van der Waals surface area contributed by atoms with Crippen molar-refractivity contribution in [2.45, 2.75) is 52.6 Å². The van der Waals surface area contributed by atoms with Crippen LogP contribution >= 0.6 is 0 Å². The van der Waals surface area contributed by atoms with Crippen LogP contribution in [0.4, 0.5) is 11.6 Å². The van der Waals surface area contributed by atoms with E-state index in [1.54, 1.807) is 35.8 Å². The van der Waals surface area contributed by atoms with E-state index in [0.29, 0.717) is 29.8 Å². The summed E-state index contributed by atoms with van der Waals surface area (Å²) in [7, 11) is 0. The molecule has 10 heteroatoms. The lowest BCUT2D eigenvalue weighted by Gasteiger charge is -2.27. The van der Waals surface area contributed by atoms with Gasteiger partial charge >= 0.3 is 17.3 Å². The Bertz CT molecular complexity index is 1290. The highest BCUT2D eigenvalue weighted by Crippen LogP contribution is 2.30. The van der Waals surface area contributed by atoms with Crippen molar-refractivity contribution in [3.63, 3.8) is 0 Å². The van der Waals surface area contributed by atoms with Gasteiger partial charge in [0, 0.05) is 31.0 Å². The number of aromatic nitrogens is 4. The molecule has 1 aromatic carbocycles. The fraction of sp³-hybridized carbons (Fsp3) is 0.400. The number of hydrogen-bond acceptors (Lipinski definition) is 7. The fourth-order valence-electron chi connectivity index (χ4n) is 4.25. The van der Waals surface area contributed by atoms with E-state index < -0.39 is 11.7 Å². The Morgan fingerprint density at radius 3 is 2.40 bits per heavy atom. The number of benzene rings is 1. The van der Waals surface area contributed by atoms with Crippen LogP contribution in [0.1, 0.15) is 49.9 Å². The molecule has 0 spiro atoms. The number of pyridine rings is 1. The second kappa shape index (κ2) is 10.5. The molecule has 1 saturated carbocycles. The van der Waals surface area contributed by atoms with E-state index in [1.807, 2.05) is 0 Å². The molecule has 184 valence electrons. The van der Waals surface area contributed by atoms with Gasteiger partial charge in [0.15, 0.2) is 0 Å². The standard InChI is InChI=1S/C25H29N5O5/c1-3-29-24(33)28-23(30(25(29)34)15-17-6-4-16(2)5-7-17)27-19-9-11-20(12-10-19)35-21-13-8-18(14-26-21)22(31)32/h8-14,16-17H,3-7,15H2,1-2H3,(H,31,32)(H,27,28,33). The van der Waals surface area contributed by atoms with Gasteiger partial charge in [0.1, 0.15) is 5.75 Å². The van der Waals surface area contributed by atoms with Crippen molar-refractivity contribution in [2.24, 2.45) is 11.8 Å². The number of aromatic carboxylic acids is 1. The zero-order chi connectivity index (χ0) is 24.9.